The van der Waals surface area contributed by atoms with E-state index in [4.69, 9.17) is 0 Å². The number of rotatable bonds is 11. The molecule has 22 heavy (non-hydrogen) atoms. The largest absolute Gasteiger partial charge is 0.356 e. The van der Waals surface area contributed by atoms with Crippen molar-refractivity contribution in [1.29, 1.82) is 0 Å². The van der Waals surface area contributed by atoms with E-state index in [2.05, 4.69) is 10.6 Å². The molecule has 0 saturated carbocycles. The molecular weight excluding hydrogens is 280 g/mol. The van der Waals surface area contributed by atoms with Crippen LogP contribution in [0.1, 0.15) is 37.7 Å². The lowest BCUT2D eigenvalue weighted by Gasteiger charge is -2.05. The predicted octanol–water partition coefficient (Wildman–Crippen LogP) is 1.61. The molecule has 120 valence electrons. The number of hydrogen-bond acceptors (Lipinski definition) is 3. The molecule has 0 aliphatic rings. The first-order chi connectivity index (χ1) is 10.7. The third-order valence-electron chi connectivity index (χ3n) is 3.27. The summed E-state index contributed by atoms with van der Waals surface area (Å²) in [5, 5.41) is 5.39. The number of carbonyl (C=O) groups is 3. The van der Waals surface area contributed by atoms with Gasteiger partial charge >= 0.3 is 0 Å². The van der Waals surface area contributed by atoms with Gasteiger partial charge in [-0.15, -0.1) is 0 Å². The maximum atomic E-state index is 11.7. The third kappa shape index (κ3) is 8.89. The predicted molar refractivity (Wildman–Crippen MR) is 85.3 cm³/mol. The first-order valence-electron chi connectivity index (χ1n) is 7.73. The van der Waals surface area contributed by atoms with Crippen molar-refractivity contribution >= 4 is 18.1 Å². The summed E-state index contributed by atoms with van der Waals surface area (Å²) < 4.78 is 0. The molecule has 1 rings (SSSR count). The fourth-order valence-corrected chi connectivity index (χ4v) is 2.05. The van der Waals surface area contributed by atoms with Crippen LogP contribution >= 0.6 is 0 Å². The maximum absolute atomic E-state index is 11.7. The highest BCUT2D eigenvalue weighted by Crippen LogP contribution is 2.02. The van der Waals surface area contributed by atoms with Crippen LogP contribution < -0.4 is 10.6 Å². The van der Waals surface area contributed by atoms with Crippen molar-refractivity contribution in [1.82, 2.24) is 10.6 Å². The highest BCUT2D eigenvalue weighted by Gasteiger charge is 2.02. The SMILES string of the molecule is O=CCNC(=O)CCCCCNC(=O)CCc1ccccc1. The summed E-state index contributed by atoms with van der Waals surface area (Å²) in [4.78, 5) is 33.0. The fraction of sp³-hybridized carbons (Fsp3) is 0.471. The van der Waals surface area contributed by atoms with Crippen LogP contribution in [0.25, 0.3) is 0 Å². The molecule has 2 N–H and O–H groups in total. The van der Waals surface area contributed by atoms with Gasteiger partial charge in [0.15, 0.2) is 0 Å². The Bertz CT molecular complexity index is 460. The number of nitrogens with one attached hydrogen (secondary N) is 2. The molecule has 0 aromatic heterocycles. The van der Waals surface area contributed by atoms with Crippen LogP contribution in [0.15, 0.2) is 30.3 Å². The van der Waals surface area contributed by atoms with Crippen LogP contribution in [0, 0.1) is 0 Å². The van der Waals surface area contributed by atoms with Crippen LogP contribution in [-0.4, -0.2) is 31.2 Å². The molecule has 1 aromatic carbocycles. The van der Waals surface area contributed by atoms with Crippen molar-refractivity contribution in [3.05, 3.63) is 35.9 Å². The molecule has 1 aromatic rings. The van der Waals surface area contributed by atoms with Crippen molar-refractivity contribution in [3.63, 3.8) is 0 Å². The molecular formula is C17H24N2O3. The smallest absolute Gasteiger partial charge is 0.220 e. The lowest BCUT2D eigenvalue weighted by molar-refractivity contribution is -0.122. The van der Waals surface area contributed by atoms with Crippen LogP contribution in [0.3, 0.4) is 0 Å². The van der Waals surface area contributed by atoms with Gasteiger partial charge in [-0.2, -0.15) is 0 Å². The Morgan fingerprint density at radius 3 is 2.36 bits per heavy atom. The zero-order valence-corrected chi connectivity index (χ0v) is 12.8. The Morgan fingerprint density at radius 1 is 0.909 bits per heavy atom. The number of hydrogen-bond donors (Lipinski definition) is 2. The standard InChI is InChI=1S/C17H24N2O3/c20-14-13-19-16(21)9-5-2-6-12-18-17(22)11-10-15-7-3-1-4-8-15/h1,3-4,7-8,14H,2,5-6,9-13H2,(H,18,22)(H,19,21). The molecule has 5 nitrogen and oxygen atoms in total. The summed E-state index contributed by atoms with van der Waals surface area (Å²) in [5.41, 5.74) is 1.17. The van der Waals surface area contributed by atoms with Gasteiger partial charge in [0.2, 0.25) is 11.8 Å². The van der Waals surface area contributed by atoms with Gasteiger partial charge in [0.25, 0.3) is 0 Å². The lowest BCUT2D eigenvalue weighted by Crippen LogP contribution is -2.25. The summed E-state index contributed by atoms with van der Waals surface area (Å²) in [5.74, 6) is -0.0356. The first-order valence-corrected chi connectivity index (χ1v) is 7.73. The molecule has 2 amide bonds. The van der Waals surface area contributed by atoms with Gasteiger partial charge in [0.05, 0.1) is 6.54 Å². The quantitative estimate of drug-likeness (QED) is 0.482. The van der Waals surface area contributed by atoms with Gasteiger partial charge in [0, 0.05) is 19.4 Å². The van der Waals surface area contributed by atoms with Crippen LogP contribution in [0.2, 0.25) is 0 Å². The average Bonchev–Trinajstić information content (AvgIpc) is 2.55. The Labute approximate surface area is 131 Å². The molecule has 0 bridgehead atoms. The normalized spacial score (nSPS) is 10.0. The van der Waals surface area contributed by atoms with Gasteiger partial charge in [-0.3, -0.25) is 9.59 Å². The minimum absolute atomic E-state index is 0.0626. The van der Waals surface area contributed by atoms with Crippen molar-refractivity contribution in [2.75, 3.05) is 13.1 Å². The summed E-state index contributed by atoms with van der Waals surface area (Å²) in [6, 6.07) is 9.94. The maximum Gasteiger partial charge on any atom is 0.220 e. The molecule has 0 fully saturated rings. The van der Waals surface area contributed by atoms with Crippen LogP contribution in [0.4, 0.5) is 0 Å². The Balaban J connectivity index is 1.97. The van der Waals surface area contributed by atoms with E-state index in [1.165, 1.54) is 5.56 Å². The van der Waals surface area contributed by atoms with E-state index in [1.807, 2.05) is 30.3 Å². The van der Waals surface area contributed by atoms with E-state index in [0.717, 1.165) is 25.7 Å². The number of carbonyl (C=O) groups excluding carboxylic acids is 3. The number of unbranched alkanes of at least 4 members (excludes halogenated alkanes) is 2. The topological polar surface area (TPSA) is 75.3 Å². The van der Waals surface area contributed by atoms with Gasteiger partial charge in [-0.1, -0.05) is 36.8 Å². The van der Waals surface area contributed by atoms with Crippen molar-refractivity contribution < 1.29 is 14.4 Å². The zero-order chi connectivity index (χ0) is 16.0. The molecule has 0 atom stereocenters. The van der Waals surface area contributed by atoms with Crippen molar-refractivity contribution in [3.8, 4) is 0 Å². The van der Waals surface area contributed by atoms with Gasteiger partial charge in [-0.05, 0) is 24.8 Å². The molecule has 0 unspecified atom stereocenters. The molecule has 5 heteroatoms. The highest BCUT2D eigenvalue weighted by atomic mass is 16.2. The molecule has 0 radical (unpaired) electrons. The number of aryl methyl sites for hydroxylation is 1. The number of aldehydes is 1. The minimum atomic E-state index is -0.0982. The van der Waals surface area contributed by atoms with E-state index in [9.17, 15) is 14.4 Å². The van der Waals surface area contributed by atoms with E-state index >= 15 is 0 Å². The highest BCUT2D eigenvalue weighted by molar-refractivity contribution is 5.78. The minimum Gasteiger partial charge on any atom is -0.356 e. The molecule has 0 aliphatic heterocycles. The first kappa shape index (κ1) is 17.9. The summed E-state index contributed by atoms with van der Waals surface area (Å²) in [6.45, 7) is 0.722. The molecule has 0 spiro atoms. The summed E-state index contributed by atoms with van der Waals surface area (Å²) >= 11 is 0. The molecule has 0 heterocycles. The van der Waals surface area contributed by atoms with Gasteiger partial charge in [0.1, 0.15) is 6.29 Å². The van der Waals surface area contributed by atoms with Crippen LogP contribution in [-0.2, 0) is 20.8 Å². The third-order valence-corrected chi connectivity index (χ3v) is 3.27. The lowest BCUT2D eigenvalue weighted by atomic mass is 10.1. The second kappa shape index (κ2) is 11.5. The monoisotopic (exact) mass is 304 g/mol. The van der Waals surface area contributed by atoms with Gasteiger partial charge < -0.3 is 15.4 Å². The van der Waals surface area contributed by atoms with E-state index in [0.29, 0.717) is 25.7 Å². The molecule has 0 saturated heterocycles. The summed E-state index contributed by atoms with van der Waals surface area (Å²) in [6.07, 6.45) is 4.86. The number of benzene rings is 1. The fourth-order valence-electron chi connectivity index (χ4n) is 2.05. The Morgan fingerprint density at radius 2 is 1.64 bits per heavy atom. The second-order valence-corrected chi connectivity index (χ2v) is 5.12. The van der Waals surface area contributed by atoms with E-state index < -0.39 is 0 Å². The summed E-state index contributed by atoms with van der Waals surface area (Å²) in [7, 11) is 0. The average molecular weight is 304 g/mol. The van der Waals surface area contributed by atoms with Gasteiger partial charge in [-0.25, -0.2) is 0 Å². The Hall–Kier alpha value is -2.17. The van der Waals surface area contributed by atoms with Crippen LogP contribution in [0.5, 0.6) is 0 Å². The number of amides is 2. The Kier molecular flexibility index (Phi) is 9.33. The van der Waals surface area contributed by atoms with E-state index in [1.54, 1.807) is 0 Å². The second-order valence-electron chi connectivity index (χ2n) is 5.12. The van der Waals surface area contributed by atoms with Crippen molar-refractivity contribution in [2.45, 2.75) is 38.5 Å². The zero-order valence-electron chi connectivity index (χ0n) is 12.8. The molecule has 0 aliphatic carbocycles. The van der Waals surface area contributed by atoms with E-state index in [-0.39, 0.29) is 18.4 Å². The van der Waals surface area contributed by atoms with Crippen molar-refractivity contribution in [2.24, 2.45) is 0 Å².